The zero-order valence-electron chi connectivity index (χ0n) is 8.87. The summed E-state index contributed by atoms with van der Waals surface area (Å²) in [6, 6.07) is 8.06. The summed E-state index contributed by atoms with van der Waals surface area (Å²) >= 11 is 0. The Bertz CT molecular complexity index is 473. The first-order valence-electron chi connectivity index (χ1n) is 5.03. The van der Waals surface area contributed by atoms with Gasteiger partial charge in [-0.15, -0.1) is 5.10 Å². The summed E-state index contributed by atoms with van der Waals surface area (Å²) in [5, 5.41) is 16.6. The maximum atomic E-state index is 8.86. The molecule has 1 heterocycles. The van der Waals surface area contributed by atoms with Crippen molar-refractivity contribution in [2.24, 2.45) is 0 Å². The Morgan fingerprint density at radius 3 is 2.62 bits per heavy atom. The Morgan fingerprint density at radius 1 is 1.31 bits per heavy atom. The molecule has 0 aliphatic rings. The lowest BCUT2D eigenvalue weighted by Gasteiger charge is -2.01. The first-order chi connectivity index (χ1) is 7.81. The van der Waals surface area contributed by atoms with Gasteiger partial charge < -0.3 is 5.11 Å². The lowest BCUT2D eigenvalue weighted by atomic mass is 10.1. The fourth-order valence-corrected chi connectivity index (χ4v) is 1.43. The Balaban J connectivity index is 2.10. The first-order valence-corrected chi connectivity index (χ1v) is 5.03. The summed E-state index contributed by atoms with van der Waals surface area (Å²) in [5.74, 6) is 0. The minimum absolute atomic E-state index is 0.0740. The van der Waals surface area contributed by atoms with Gasteiger partial charge in [-0.3, -0.25) is 0 Å². The number of nitrogens with zero attached hydrogens (tertiary/aromatic N) is 3. The fourth-order valence-electron chi connectivity index (χ4n) is 1.43. The zero-order valence-corrected chi connectivity index (χ0v) is 8.87. The van der Waals surface area contributed by atoms with Crippen molar-refractivity contribution in [3.63, 3.8) is 0 Å². The van der Waals surface area contributed by atoms with Crippen LogP contribution in [0.4, 0.5) is 0 Å². The molecule has 0 fully saturated rings. The van der Waals surface area contributed by atoms with Gasteiger partial charge in [0.05, 0.1) is 19.3 Å². The predicted octanol–water partition coefficient (Wildman–Crippen LogP) is 1.46. The standard InChI is InChI=1S/C12H13N3O/c1-2-10-3-5-11(6-4-10)7-15-8-12(9-16)13-14-15/h2-6,8,16H,1,7,9H2. The predicted molar refractivity (Wildman–Crippen MR) is 61.6 cm³/mol. The molecule has 82 valence electrons. The van der Waals surface area contributed by atoms with Crippen LogP contribution in [0.15, 0.2) is 37.0 Å². The van der Waals surface area contributed by atoms with E-state index < -0.39 is 0 Å². The van der Waals surface area contributed by atoms with Crippen molar-refractivity contribution < 1.29 is 5.11 Å². The van der Waals surface area contributed by atoms with Gasteiger partial charge in [-0.05, 0) is 11.1 Å². The third-order valence-electron chi connectivity index (χ3n) is 2.31. The van der Waals surface area contributed by atoms with E-state index in [-0.39, 0.29) is 6.61 Å². The average Bonchev–Trinajstić information content (AvgIpc) is 2.78. The normalized spacial score (nSPS) is 10.3. The molecule has 0 radical (unpaired) electrons. The molecule has 0 spiro atoms. The Kier molecular flexibility index (Phi) is 3.12. The lowest BCUT2D eigenvalue weighted by molar-refractivity contribution is 0.276. The molecule has 0 saturated heterocycles. The van der Waals surface area contributed by atoms with Crippen molar-refractivity contribution in [2.45, 2.75) is 13.2 Å². The highest BCUT2D eigenvalue weighted by Gasteiger charge is 1.99. The van der Waals surface area contributed by atoms with E-state index in [1.807, 2.05) is 30.3 Å². The number of aliphatic hydroxyl groups excluding tert-OH is 1. The zero-order chi connectivity index (χ0) is 11.4. The first kappa shape index (κ1) is 10.6. The van der Waals surface area contributed by atoms with Gasteiger partial charge >= 0.3 is 0 Å². The summed E-state index contributed by atoms with van der Waals surface area (Å²) in [6.45, 7) is 4.29. The van der Waals surface area contributed by atoms with E-state index in [9.17, 15) is 0 Å². The molecule has 0 bridgehead atoms. The van der Waals surface area contributed by atoms with Crippen LogP contribution in [0.3, 0.4) is 0 Å². The number of benzene rings is 1. The van der Waals surface area contributed by atoms with Gasteiger partial charge in [0.1, 0.15) is 5.69 Å². The van der Waals surface area contributed by atoms with E-state index in [4.69, 9.17) is 5.11 Å². The molecule has 1 aromatic carbocycles. The lowest BCUT2D eigenvalue weighted by Crippen LogP contribution is -2.00. The maximum Gasteiger partial charge on any atom is 0.108 e. The average molecular weight is 215 g/mol. The van der Waals surface area contributed by atoms with Gasteiger partial charge in [0.25, 0.3) is 0 Å². The van der Waals surface area contributed by atoms with Crippen LogP contribution in [0.25, 0.3) is 6.08 Å². The molecular weight excluding hydrogens is 202 g/mol. The van der Waals surface area contributed by atoms with Gasteiger partial charge in [0.15, 0.2) is 0 Å². The van der Waals surface area contributed by atoms with Crippen LogP contribution in [0, 0.1) is 0 Å². The van der Waals surface area contributed by atoms with Crippen LogP contribution < -0.4 is 0 Å². The summed E-state index contributed by atoms with van der Waals surface area (Å²) < 4.78 is 1.70. The van der Waals surface area contributed by atoms with Gasteiger partial charge in [0.2, 0.25) is 0 Å². The van der Waals surface area contributed by atoms with Crippen LogP contribution in [-0.4, -0.2) is 20.1 Å². The second kappa shape index (κ2) is 4.72. The highest BCUT2D eigenvalue weighted by atomic mass is 16.3. The van der Waals surface area contributed by atoms with Crippen molar-refractivity contribution in [3.05, 3.63) is 53.9 Å². The summed E-state index contributed by atoms with van der Waals surface area (Å²) in [4.78, 5) is 0. The minimum Gasteiger partial charge on any atom is -0.390 e. The quantitative estimate of drug-likeness (QED) is 0.840. The third kappa shape index (κ3) is 2.35. The SMILES string of the molecule is C=Cc1ccc(Cn2cc(CO)nn2)cc1. The highest BCUT2D eigenvalue weighted by Crippen LogP contribution is 2.07. The summed E-state index contributed by atoms with van der Waals surface area (Å²) in [6.07, 6.45) is 3.55. The number of aliphatic hydroxyl groups is 1. The van der Waals surface area contributed by atoms with Crippen LogP contribution >= 0.6 is 0 Å². The smallest absolute Gasteiger partial charge is 0.108 e. The molecule has 2 rings (SSSR count). The summed E-state index contributed by atoms with van der Waals surface area (Å²) in [7, 11) is 0. The molecular formula is C12H13N3O. The largest absolute Gasteiger partial charge is 0.390 e. The Hall–Kier alpha value is -1.94. The van der Waals surface area contributed by atoms with Crippen LogP contribution in [0.1, 0.15) is 16.8 Å². The van der Waals surface area contributed by atoms with E-state index in [2.05, 4.69) is 16.9 Å². The second-order valence-corrected chi connectivity index (χ2v) is 3.51. The minimum atomic E-state index is -0.0740. The van der Waals surface area contributed by atoms with Crippen molar-refractivity contribution in [1.29, 1.82) is 0 Å². The highest BCUT2D eigenvalue weighted by molar-refractivity contribution is 5.47. The van der Waals surface area contributed by atoms with Crippen molar-refractivity contribution in [2.75, 3.05) is 0 Å². The van der Waals surface area contributed by atoms with Crippen LogP contribution in [0.5, 0.6) is 0 Å². The monoisotopic (exact) mass is 215 g/mol. The molecule has 2 aromatic rings. The van der Waals surface area contributed by atoms with E-state index >= 15 is 0 Å². The maximum absolute atomic E-state index is 8.86. The van der Waals surface area contributed by atoms with E-state index in [1.165, 1.54) is 0 Å². The van der Waals surface area contributed by atoms with Crippen LogP contribution in [0.2, 0.25) is 0 Å². The molecule has 0 saturated carbocycles. The topological polar surface area (TPSA) is 50.9 Å². The fraction of sp³-hybridized carbons (Fsp3) is 0.167. The van der Waals surface area contributed by atoms with Crippen molar-refractivity contribution in [1.82, 2.24) is 15.0 Å². The van der Waals surface area contributed by atoms with Crippen LogP contribution in [-0.2, 0) is 13.2 Å². The molecule has 16 heavy (non-hydrogen) atoms. The van der Waals surface area contributed by atoms with E-state index in [1.54, 1.807) is 10.9 Å². The summed E-state index contributed by atoms with van der Waals surface area (Å²) in [5.41, 5.74) is 2.82. The molecule has 0 aliphatic heterocycles. The van der Waals surface area contributed by atoms with Crippen molar-refractivity contribution >= 4 is 6.08 Å². The Morgan fingerprint density at radius 2 is 2.06 bits per heavy atom. The molecule has 0 aliphatic carbocycles. The molecule has 0 unspecified atom stereocenters. The van der Waals surface area contributed by atoms with E-state index in [0.717, 1.165) is 11.1 Å². The second-order valence-electron chi connectivity index (χ2n) is 3.51. The third-order valence-corrected chi connectivity index (χ3v) is 2.31. The number of rotatable bonds is 4. The van der Waals surface area contributed by atoms with Crippen molar-refractivity contribution in [3.8, 4) is 0 Å². The number of hydrogen-bond acceptors (Lipinski definition) is 3. The van der Waals surface area contributed by atoms with Gasteiger partial charge in [-0.1, -0.05) is 42.1 Å². The van der Waals surface area contributed by atoms with Gasteiger partial charge in [-0.25, -0.2) is 4.68 Å². The molecule has 4 nitrogen and oxygen atoms in total. The molecule has 4 heteroatoms. The van der Waals surface area contributed by atoms with E-state index in [0.29, 0.717) is 12.2 Å². The van der Waals surface area contributed by atoms with Gasteiger partial charge in [0, 0.05) is 0 Å². The molecule has 0 atom stereocenters. The Labute approximate surface area is 93.8 Å². The molecule has 0 amide bonds. The molecule has 1 aromatic heterocycles. The van der Waals surface area contributed by atoms with Gasteiger partial charge in [-0.2, -0.15) is 0 Å². The number of aromatic nitrogens is 3. The number of hydrogen-bond donors (Lipinski definition) is 1. The molecule has 1 N–H and O–H groups in total.